The van der Waals surface area contributed by atoms with Crippen molar-refractivity contribution in [2.75, 3.05) is 5.32 Å². The number of nitrogens with zero attached hydrogens (tertiary/aromatic N) is 1. The molecule has 0 saturated heterocycles. The number of aryl methyl sites for hydroxylation is 2. The highest BCUT2D eigenvalue weighted by atomic mass is 35.5. The van der Waals surface area contributed by atoms with Crippen LogP contribution in [0.25, 0.3) is 0 Å². The number of hydrogen-bond donors (Lipinski definition) is 2. The van der Waals surface area contributed by atoms with E-state index in [2.05, 4.69) is 15.8 Å². The number of amides is 2. The fourth-order valence-corrected chi connectivity index (χ4v) is 3.72. The maximum atomic E-state index is 12.8. The van der Waals surface area contributed by atoms with E-state index in [0.29, 0.717) is 51.9 Å². The summed E-state index contributed by atoms with van der Waals surface area (Å²) in [4.78, 5) is 25.1. The van der Waals surface area contributed by atoms with E-state index in [1.807, 2.05) is 6.92 Å². The second-order valence-corrected chi connectivity index (χ2v) is 7.44. The van der Waals surface area contributed by atoms with Crippen LogP contribution in [0, 0.1) is 13.8 Å². The number of anilines is 1. The van der Waals surface area contributed by atoms with Crippen LogP contribution in [0.2, 0.25) is 5.02 Å². The second kappa shape index (κ2) is 8.20. The van der Waals surface area contributed by atoms with Gasteiger partial charge in [-0.25, -0.2) is 5.43 Å². The van der Waals surface area contributed by atoms with Gasteiger partial charge in [0.15, 0.2) is 5.76 Å². The molecule has 1 aliphatic carbocycles. The molecule has 8 heteroatoms. The summed E-state index contributed by atoms with van der Waals surface area (Å²) >= 11 is 6.13. The number of carbonyl (C=O) groups excluding carboxylic acids is 2. The fourth-order valence-electron chi connectivity index (χ4n) is 3.54. The van der Waals surface area contributed by atoms with Crippen LogP contribution in [0.4, 0.5) is 5.69 Å². The monoisotopic (exact) mass is 425 g/mol. The highest BCUT2D eigenvalue weighted by molar-refractivity contribution is 6.33. The Morgan fingerprint density at radius 3 is 2.63 bits per heavy atom. The average molecular weight is 426 g/mol. The van der Waals surface area contributed by atoms with Gasteiger partial charge in [-0.1, -0.05) is 23.7 Å². The van der Waals surface area contributed by atoms with Gasteiger partial charge in [0.2, 0.25) is 0 Å². The van der Waals surface area contributed by atoms with Crippen LogP contribution < -0.4 is 10.7 Å². The Morgan fingerprint density at radius 1 is 1.10 bits per heavy atom. The van der Waals surface area contributed by atoms with Crippen LogP contribution in [-0.2, 0) is 6.42 Å². The first kappa shape index (κ1) is 20.0. The molecule has 0 fully saturated rings. The van der Waals surface area contributed by atoms with Crippen LogP contribution in [-0.4, -0.2) is 17.5 Å². The van der Waals surface area contributed by atoms with Gasteiger partial charge in [-0.05, 0) is 44.9 Å². The molecule has 0 saturated carbocycles. The maximum absolute atomic E-state index is 12.8. The second-order valence-electron chi connectivity index (χ2n) is 7.03. The minimum atomic E-state index is -0.382. The molecule has 3 aromatic rings. The zero-order valence-electron chi connectivity index (χ0n) is 16.5. The molecule has 0 aliphatic heterocycles. The van der Waals surface area contributed by atoms with Crippen molar-refractivity contribution in [2.24, 2.45) is 5.10 Å². The zero-order chi connectivity index (χ0) is 21.3. The van der Waals surface area contributed by atoms with Crippen molar-refractivity contribution in [2.45, 2.75) is 33.1 Å². The Hall–Kier alpha value is -3.32. The van der Waals surface area contributed by atoms with Gasteiger partial charge in [0.1, 0.15) is 11.5 Å². The van der Waals surface area contributed by atoms with Gasteiger partial charge in [0.05, 0.1) is 28.2 Å². The van der Waals surface area contributed by atoms with E-state index in [0.717, 1.165) is 12.0 Å². The number of nitrogens with one attached hydrogen (secondary N) is 2. The third kappa shape index (κ3) is 3.76. The number of furan rings is 2. The van der Waals surface area contributed by atoms with Crippen molar-refractivity contribution in [1.29, 1.82) is 0 Å². The van der Waals surface area contributed by atoms with Gasteiger partial charge in [-0.3, -0.25) is 9.59 Å². The van der Waals surface area contributed by atoms with Crippen molar-refractivity contribution in [3.8, 4) is 0 Å². The van der Waals surface area contributed by atoms with Crippen molar-refractivity contribution in [3.63, 3.8) is 0 Å². The summed E-state index contributed by atoms with van der Waals surface area (Å²) in [5, 5.41) is 7.54. The number of hydrogen-bond acceptors (Lipinski definition) is 5. The number of hydrazone groups is 1. The molecule has 2 aromatic heterocycles. The van der Waals surface area contributed by atoms with E-state index in [4.69, 9.17) is 20.4 Å². The first-order valence-electron chi connectivity index (χ1n) is 9.55. The Bertz CT molecular complexity index is 1160. The van der Waals surface area contributed by atoms with Gasteiger partial charge in [0.25, 0.3) is 11.8 Å². The SMILES string of the molecule is Cc1occc1C(=O)N/N=C1\CCCc2oc(C(=O)Nc3ccccc3Cl)c(C)c21. The van der Waals surface area contributed by atoms with Gasteiger partial charge in [-0.15, -0.1) is 0 Å². The molecule has 2 heterocycles. The standard InChI is InChI=1S/C22H20ClN3O4/c1-12-19-17(25-26-21(27)14-10-11-29-13(14)2)8-5-9-18(19)30-20(12)22(28)24-16-7-4-3-6-15(16)23/h3-4,6-7,10-11H,5,8-9H2,1-2H3,(H,24,28)(H,26,27)/b25-17+. The van der Waals surface area contributed by atoms with Crippen LogP contribution in [0.5, 0.6) is 0 Å². The van der Waals surface area contributed by atoms with Crippen molar-refractivity contribution in [1.82, 2.24) is 5.43 Å². The number of rotatable bonds is 4. The molecule has 7 nitrogen and oxygen atoms in total. The molecule has 2 amide bonds. The molecule has 0 radical (unpaired) electrons. The normalized spacial score (nSPS) is 14.4. The smallest absolute Gasteiger partial charge is 0.291 e. The van der Waals surface area contributed by atoms with Crippen LogP contribution >= 0.6 is 11.6 Å². The van der Waals surface area contributed by atoms with Crippen LogP contribution in [0.1, 0.15) is 56.4 Å². The lowest BCUT2D eigenvalue weighted by Crippen LogP contribution is -2.22. The van der Waals surface area contributed by atoms with Crippen LogP contribution in [0.3, 0.4) is 0 Å². The van der Waals surface area contributed by atoms with E-state index in [-0.39, 0.29) is 17.6 Å². The summed E-state index contributed by atoms with van der Waals surface area (Å²) in [6, 6.07) is 8.59. The zero-order valence-corrected chi connectivity index (χ0v) is 17.3. The summed E-state index contributed by atoms with van der Waals surface area (Å²) in [6.45, 7) is 3.53. The molecule has 0 atom stereocenters. The Labute approximate surface area is 178 Å². The number of benzene rings is 1. The third-order valence-electron chi connectivity index (χ3n) is 5.05. The molecule has 0 bridgehead atoms. The molecular weight excluding hydrogens is 406 g/mol. The predicted octanol–water partition coefficient (Wildman–Crippen LogP) is 4.87. The van der Waals surface area contributed by atoms with Gasteiger partial charge in [0, 0.05) is 17.5 Å². The number of fused-ring (bicyclic) bond motifs is 1. The van der Waals surface area contributed by atoms with Crippen molar-refractivity contribution >= 4 is 34.8 Å². The molecule has 0 spiro atoms. The lowest BCUT2D eigenvalue weighted by molar-refractivity contribution is 0.0952. The molecule has 4 rings (SSSR count). The molecule has 154 valence electrons. The van der Waals surface area contributed by atoms with Gasteiger partial charge >= 0.3 is 0 Å². The number of halogens is 1. The minimum absolute atomic E-state index is 0.214. The minimum Gasteiger partial charge on any atom is -0.469 e. The fraction of sp³-hybridized carbons (Fsp3) is 0.227. The lowest BCUT2D eigenvalue weighted by atomic mass is 9.93. The Morgan fingerprint density at radius 2 is 1.90 bits per heavy atom. The van der Waals surface area contributed by atoms with E-state index in [9.17, 15) is 9.59 Å². The van der Waals surface area contributed by atoms with Crippen LogP contribution in [0.15, 0.2) is 50.5 Å². The van der Waals surface area contributed by atoms with Crippen molar-refractivity contribution in [3.05, 3.63) is 75.6 Å². The third-order valence-corrected chi connectivity index (χ3v) is 5.38. The summed E-state index contributed by atoms with van der Waals surface area (Å²) < 4.78 is 11.0. The summed E-state index contributed by atoms with van der Waals surface area (Å²) in [5.41, 5.74) is 5.66. The van der Waals surface area contributed by atoms with Gasteiger partial charge < -0.3 is 14.2 Å². The quantitative estimate of drug-likeness (QED) is 0.583. The molecule has 1 aliphatic rings. The maximum Gasteiger partial charge on any atom is 0.291 e. The summed E-state index contributed by atoms with van der Waals surface area (Å²) in [6.07, 6.45) is 3.64. The Balaban J connectivity index is 1.59. The Kier molecular flexibility index (Phi) is 5.46. The van der Waals surface area contributed by atoms with E-state index in [1.165, 1.54) is 6.26 Å². The molecule has 1 aromatic carbocycles. The summed E-state index contributed by atoms with van der Waals surface area (Å²) in [5.74, 6) is 0.697. The lowest BCUT2D eigenvalue weighted by Gasteiger charge is -2.13. The average Bonchev–Trinajstić information content (AvgIpc) is 3.31. The predicted molar refractivity (Wildman–Crippen MR) is 113 cm³/mol. The first-order valence-corrected chi connectivity index (χ1v) is 9.93. The molecule has 30 heavy (non-hydrogen) atoms. The molecule has 0 unspecified atom stereocenters. The first-order chi connectivity index (χ1) is 14.5. The largest absolute Gasteiger partial charge is 0.469 e. The van der Waals surface area contributed by atoms with E-state index >= 15 is 0 Å². The number of carbonyl (C=O) groups is 2. The highest BCUT2D eigenvalue weighted by Crippen LogP contribution is 2.31. The van der Waals surface area contributed by atoms with E-state index < -0.39 is 0 Å². The van der Waals surface area contributed by atoms with Gasteiger partial charge in [-0.2, -0.15) is 5.10 Å². The topological polar surface area (TPSA) is 96.8 Å². The number of para-hydroxylation sites is 1. The van der Waals surface area contributed by atoms with Crippen molar-refractivity contribution < 1.29 is 18.4 Å². The molecule has 2 N–H and O–H groups in total. The highest BCUT2D eigenvalue weighted by Gasteiger charge is 2.28. The summed E-state index contributed by atoms with van der Waals surface area (Å²) in [7, 11) is 0. The molecular formula is C22H20ClN3O4. The van der Waals surface area contributed by atoms with E-state index in [1.54, 1.807) is 37.3 Å².